The lowest BCUT2D eigenvalue weighted by Crippen LogP contribution is -2.18. The number of carbonyl (C=O) groups is 1. The normalized spacial score (nSPS) is 10.6. The van der Waals surface area contributed by atoms with E-state index in [-0.39, 0.29) is 5.91 Å². The van der Waals surface area contributed by atoms with E-state index in [0.717, 1.165) is 17.9 Å². The van der Waals surface area contributed by atoms with Crippen LogP contribution in [0.3, 0.4) is 0 Å². The summed E-state index contributed by atoms with van der Waals surface area (Å²) in [7, 11) is 0. The van der Waals surface area contributed by atoms with Crippen molar-refractivity contribution < 1.29 is 4.79 Å². The minimum atomic E-state index is 0.0195. The van der Waals surface area contributed by atoms with Crippen LogP contribution < -0.4 is 5.32 Å². The Bertz CT molecular complexity index is 338. The van der Waals surface area contributed by atoms with E-state index in [0.29, 0.717) is 6.54 Å². The lowest BCUT2D eigenvalue weighted by Gasteiger charge is -2.12. The molecule has 0 aliphatic heterocycles. The van der Waals surface area contributed by atoms with Crippen molar-refractivity contribution in [2.45, 2.75) is 46.6 Å². The van der Waals surface area contributed by atoms with Crippen LogP contribution in [0.15, 0.2) is 24.3 Å². The van der Waals surface area contributed by atoms with Gasteiger partial charge >= 0.3 is 0 Å². The Morgan fingerprint density at radius 3 is 2.12 bits per heavy atom. The molecule has 17 heavy (non-hydrogen) atoms. The minimum Gasteiger partial charge on any atom is -0.352 e. The first-order valence-electron chi connectivity index (χ1n) is 6.48. The van der Waals surface area contributed by atoms with Crippen molar-refractivity contribution in [1.29, 1.82) is 0 Å². The first-order valence-corrected chi connectivity index (χ1v) is 6.48. The fourth-order valence-electron chi connectivity index (χ4n) is 1.93. The second kappa shape index (κ2) is 7.10. The molecule has 0 aliphatic rings. The average molecular weight is 233 g/mol. The van der Waals surface area contributed by atoms with Crippen molar-refractivity contribution in [3.8, 4) is 0 Å². The summed E-state index contributed by atoms with van der Waals surface area (Å²) in [6.07, 6.45) is 3.64. The zero-order chi connectivity index (χ0) is 12.7. The molecule has 0 radical (unpaired) electrons. The number of carbonyl (C=O) groups excluding carboxylic acids is 1. The van der Waals surface area contributed by atoms with Crippen LogP contribution in [-0.4, -0.2) is 5.91 Å². The van der Waals surface area contributed by atoms with E-state index in [1.54, 1.807) is 6.92 Å². The lowest BCUT2D eigenvalue weighted by molar-refractivity contribution is -0.119. The van der Waals surface area contributed by atoms with Gasteiger partial charge in [0.25, 0.3) is 0 Å². The molecular formula is C15H23NO. The van der Waals surface area contributed by atoms with Gasteiger partial charge in [0.15, 0.2) is 0 Å². The standard InChI is InChI=1S/C15H23NO/c1-4-13(5-2)10-14-6-8-15(9-7-14)11-16-12(3)17/h6-9,13H,4-5,10-11H2,1-3H3,(H,16,17). The highest BCUT2D eigenvalue weighted by Crippen LogP contribution is 2.15. The molecule has 1 aromatic rings. The van der Waals surface area contributed by atoms with Gasteiger partial charge in [-0.2, -0.15) is 0 Å². The van der Waals surface area contributed by atoms with Crippen LogP contribution in [0.1, 0.15) is 44.7 Å². The molecule has 1 aromatic carbocycles. The van der Waals surface area contributed by atoms with Crippen molar-refractivity contribution in [3.05, 3.63) is 35.4 Å². The number of benzene rings is 1. The molecule has 2 heteroatoms. The Balaban J connectivity index is 2.52. The molecule has 0 atom stereocenters. The molecule has 0 bridgehead atoms. The molecule has 0 aliphatic carbocycles. The van der Waals surface area contributed by atoms with Crippen molar-refractivity contribution in [2.75, 3.05) is 0 Å². The minimum absolute atomic E-state index is 0.0195. The molecule has 94 valence electrons. The fraction of sp³-hybridized carbons (Fsp3) is 0.533. The maximum Gasteiger partial charge on any atom is 0.217 e. The highest BCUT2D eigenvalue weighted by Gasteiger charge is 2.04. The van der Waals surface area contributed by atoms with Crippen LogP contribution in [0.5, 0.6) is 0 Å². The van der Waals surface area contributed by atoms with E-state index in [2.05, 4.69) is 43.4 Å². The van der Waals surface area contributed by atoms with Gasteiger partial charge in [0.1, 0.15) is 0 Å². The predicted molar refractivity (Wildman–Crippen MR) is 71.7 cm³/mol. The van der Waals surface area contributed by atoms with Gasteiger partial charge < -0.3 is 5.32 Å². The van der Waals surface area contributed by atoms with Gasteiger partial charge in [-0.05, 0) is 23.5 Å². The summed E-state index contributed by atoms with van der Waals surface area (Å²) in [4.78, 5) is 10.8. The van der Waals surface area contributed by atoms with E-state index in [9.17, 15) is 4.79 Å². The van der Waals surface area contributed by atoms with Gasteiger partial charge in [-0.25, -0.2) is 0 Å². The summed E-state index contributed by atoms with van der Waals surface area (Å²) < 4.78 is 0. The van der Waals surface area contributed by atoms with Crippen LogP contribution in [0.2, 0.25) is 0 Å². The van der Waals surface area contributed by atoms with Crippen molar-refractivity contribution in [1.82, 2.24) is 5.32 Å². The van der Waals surface area contributed by atoms with Crippen molar-refractivity contribution >= 4 is 5.91 Å². The quantitative estimate of drug-likeness (QED) is 0.802. The van der Waals surface area contributed by atoms with E-state index in [1.165, 1.54) is 18.4 Å². The topological polar surface area (TPSA) is 29.1 Å². The monoisotopic (exact) mass is 233 g/mol. The van der Waals surface area contributed by atoms with Gasteiger partial charge in [-0.15, -0.1) is 0 Å². The summed E-state index contributed by atoms with van der Waals surface area (Å²) in [6, 6.07) is 8.56. The lowest BCUT2D eigenvalue weighted by atomic mass is 9.94. The van der Waals surface area contributed by atoms with E-state index >= 15 is 0 Å². The molecule has 0 saturated carbocycles. The molecule has 1 N–H and O–H groups in total. The van der Waals surface area contributed by atoms with Crippen LogP contribution in [-0.2, 0) is 17.8 Å². The van der Waals surface area contributed by atoms with Gasteiger partial charge in [0, 0.05) is 13.5 Å². The van der Waals surface area contributed by atoms with E-state index < -0.39 is 0 Å². The molecular weight excluding hydrogens is 210 g/mol. The molecule has 0 heterocycles. The fourth-order valence-corrected chi connectivity index (χ4v) is 1.93. The maximum atomic E-state index is 10.8. The molecule has 1 amide bonds. The van der Waals surface area contributed by atoms with Crippen LogP contribution in [0.25, 0.3) is 0 Å². The Hall–Kier alpha value is -1.31. The SMILES string of the molecule is CCC(CC)Cc1ccc(CNC(C)=O)cc1. The zero-order valence-corrected chi connectivity index (χ0v) is 11.1. The number of nitrogens with one attached hydrogen (secondary N) is 1. The Morgan fingerprint density at radius 1 is 1.12 bits per heavy atom. The first-order chi connectivity index (χ1) is 8.15. The van der Waals surface area contributed by atoms with Crippen molar-refractivity contribution in [3.63, 3.8) is 0 Å². The summed E-state index contributed by atoms with van der Waals surface area (Å²) in [5.41, 5.74) is 2.55. The zero-order valence-electron chi connectivity index (χ0n) is 11.1. The third-order valence-electron chi connectivity index (χ3n) is 3.24. The number of hydrogen-bond donors (Lipinski definition) is 1. The smallest absolute Gasteiger partial charge is 0.217 e. The molecule has 0 saturated heterocycles. The summed E-state index contributed by atoms with van der Waals surface area (Å²) >= 11 is 0. The molecule has 0 fully saturated rings. The summed E-state index contributed by atoms with van der Waals surface area (Å²) in [5, 5.41) is 2.81. The van der Waals surface area contributed by atoms with Gasteiger partial charge in [0.05, 0.1) is 0 Å². The van der Waals surface area contributed by atoms with Gasteiger partial charge in [0.2, 0.25) is 5.91 Å². The third-order valence-corrected chi connectivity index (χ3v) is 3.24. The number of hydrogen-bond acceptors (Lipinski definition) is 1. The Labute approximate surface area is 104 Å². The van der Waals surface area contributed by atoms with Crippen LogP contribution >= 0.6 is 0 Å². The second-order valence-electron chi connectivity index (χ2n) is 4.61. The number of amides is 1. The molecule has 0 spiro atoms. The van der Waals surface area contributed by atoms with Crippen LogP contribution in [0, 0.1) is 5.92 Å². The molecule has 0 unspecified atom stereocenters. The second-order valence-corrected chi connectivity index (χ2v) is 4.61. The first kappa shape index (κ1) is 13.8. The number of rotatable bonds is 6. The molecule has 2 nitrogen and oxygen atoms in total. The molecule has 1 rings (SSSR count). The maximum absolute atomic E-state index is 10.8. The Morgan fingerprint density at radius 2 is 1.65 bits per heavy atom. The highest BCUT2D eigenvalue weighted by atomic mass is 16.1. The Kier molecular flexibility index (Phi) is 5.75. The average Bonchev–Trinajstić information content (AvgIpc) is 2.34. The predicted octanol–water partition coefficient (Wildman–Crippen LogP) is 3.30. The third kappa shape index (κ3) is 5.03. The van der Waals surface area contributed by atoms with Gasteiger partial charge in [-0.1, -0.05) is 51.0 Å². The van der Waals surface area contributed by atoms with E-state index in [4.69, 9.17) is 0 Å². The van der Waals surface area contributed by atoms with E-state index in [1.807, 2.05) is 0 Å². The summed E-state index contributed by atoms with van der Waals surface area (Å²) in [6.45, 7) is 6.67. The summed E-state index contributed by atoms with van der Waals surface area (Å²) in [5.74, 6) is 0.808. The van der Waals surface area contributed by atoms with Gasteiger partial charge in [-0.3, -0.25) is 4.79 Å². The van der Waals surface area contributed by atoms with Crippen molar-refractivity contribution in [2.24, 2.45) is 5.92 Å². The van der Waals surface area contributed by atoms with Crippen LogP contribution in [0.4, 0.5) is 0 Å². The molecule has 0 aromatic heterocycles. The largest absolute Gasteiger partial charge is 0.352 e. The highest BCUT2D eigenvalue weighted by molar-refractivity contribution is 5.72.